The lowest BCUT2D eigenvalue weighted by molar-refractivity contribution is -0.137. The van der Waals surface area contributed by atoms with Crippen LogP contribution in [0.2, 0.25) is 0 Å². The Balaban J connectivity index is 2.44. The molecule has 0 spiro atoms. The Morgan fingerprint density at radius 2 is 1.78 bits per heavy atom. The van der Waals surface area contributed by atoms with Crippen molar-refractivity contribution in [2.75, 3.05) is 0 Å². The van der Waals surface area contributed by atoms with E-state index in [9.17, 15) is 35.2 Å². The highest BCUT2D eigenvalue weighted by Crippen LogP contribution is 2.40. The Morgan fingerprint density at radius 1 is 1.12 bits per heavy atom. The van der Waals surface area contributed by atoms with E-state index >= 15 is 0 Å². The largest absolute Gasteiger partial charge is 0.419 e. The average molecular weight is 474 g/mol. The molecule has 0 unspecified atom stereocenters. The molecule has 170 valence electrons. The number of rotatable bonds is 6. The topological polar surface area (TPSA) is 121 Å². The summed E-state index contributed by atoms with van der Waals surface area (Å²) in [7, 11) is -4.73. The first-order chi connectivity index (χ1) is 14.8. The van der Waals surface area contributed by atoms with Crippen molar-refractivity contribution >= 4 is 15.9 Å². The summed E-state index contributed by atoms with van der Waals surface area (Å²) in [5.41, 5.74) is 2.36. The molecule has 1 amide bonds. The number of primary amides is 1. The van der Waals surface area contributed by atoms with Crippen molar-refractivity contribution < 1.29 is 35.2 Å². The predicted octanol–water partition coefficient (Wildman–Crippen LogP) is 3.17. The molecule has 0 atom stereocenters. The van der Waals surface area contributed by atoms with Gasteiger partial charge in [-0.15, -0.1) is 0 Å². The number of amides is 1. The van der Waals surface area contributed by atoms with Gasteiger partial charge in [-0.05, 0) is 17.2 Å². The number of carbonyl (C=O) groups excluding carboxylic acids is 1. The van der Waals surface area contributed by atoms with Gasteiger partial charge in [0.2, 0.25) is 15.9 Å². The summed E-state index contributed by atoms with van der Waals surface area (Å²) in [5.74, 6) is -0.896. The first-order valence-electron chi connectivity index (χ1n) is 8.77. The third kappa shape index (κ3) is 4.62. The lowest BCUT2D eigenvalue weighted by Gasteiger charge is -2.19. The molecule has 32 heavy (non-hydrogen) atoms. The van der Waals surface area contributed by atoms with E-state index < -0.39 is 56.7 Å². The van der Waals surface area contributed by atoms with Gasteiger partial charge in [0.1, 0.15) is 4.90 Å². The number of sulfonamides is 1. The highest BCUT2D eigenvalue weighted by Gasteiger charge is 2.33. The van der Waals surface area contributed by atoms with Crippen LogP contribution in [-0.4, -0.2) is 24.1 Å². The van der Waals surface area contributed by atoms with E-state index in [1.807, 2.05) is 0 Å². The van der Waals surface area contributed by atoms with Crippen LogP contribution < -0.4 is 10.9 Å². The summed E-state index contributed by atoms with van der Waals surface area (Å²) in [4.78, 5) is 10.8. The van der Waals surface area contributed by atoms with Crippen molar-refractivity contribution in [3.8, 4) is 16.8 Å². The Bertz CT molecular complexity index is 1290. The molecule has 0 radical (unpaired) electrons. The molecular formula is C19H15F5N4O3S. The van der Waals surface area contributed by atoms with Crippen LogP contribution in [0, 0.1) is 0 Å². The Hall–Kier alpha value is -3.32. The molecule has 0 aliphatic carbocycles. The van der Waals surface area contributed by atoms with Crippen LogP contribution in [0.5, 0.6) is 0 Å². The first-order valence-corrected chi connectivity index (χ1v) is 10.3. The maximum absolute atomic E-state index is 13.7. The molecule has 0 saturated carbocycles. The van der Waals surface area contributed by atoms with Gasteiger partial charge in [0.25, 0.3) is 6.43 Å². The number of halogens is 5. The van der Waals surface area contributed by atoms with Gasteiger partial charge in [0.15, 0.2) is 0 Å². The van der Waals surface area contributed by atoms with E-state index in [0.717, 1.165) is 12.1 Å². The molecule has 0 saturated heterocycles. The normalized spacial score (nSPS) is 12.3. The number of aromatic nitrogens is 2. The fourth-order valence-electron chi connectivity index (χ4n) is 3.23. The van der Waals surface area contributed by atoms with Gasteiger partial charge in [-0.3, -0.25) is 4.79 Å². The van der Waals surface area contributed by atoms with Crippen LogP contribution in [0.1, 0.15) is 23.1 Å². The van der Waals surface area contributed by atoms with E-state index in [0.29, 0.717) is 17.1 Å². The van der Waals surface area contributed by atoms with Crippen LogP contribution >= 0.6 is 0 Å². The van der Waals surface area contributed by atoms with Crippen molar-refractivity contribution in [3.63, 3.8) is 0 Å². The molecule has 0 aliphatic rings. The predicted molar refractivity (Wildman–Crippen MR) is 103 cm³/mol. The molecule has 13 heteroatoms. The van der Waals surface area contributed by atoms with Crippen LogP contribution in [-0.2, 0) is 27.4 Å². The molecule has 4 N–H and O–H groups in total. The van der Waals surface area contributed by atoms with Crippen molar-refractivity contribution in [1.29, 1.82) is 0 Å². The van der Waals surface area contributed by atoms with Gasteiger partial charge in [-0.1, -0.05) is 30.3 Å². The molecule has 3 aromatic rings. The van der Waals surface area contributed by atoms with E-state index in [4.69, 9.17) is 10.9 Å². The number of nitrogens with zero attached hydrogens (tertiary/aromatic N) is 2. The fourth-order valence-corrected chi connectivity index (χ4v) is 4.21. The van der Waals surface area contributed by atoms with Gasteiger partial charge in [0.05, 0.1) is 23.9 Å². The minimum absolute atomic E-state index is 0.0541. The number of hydrogen-bond donors (Lipinski definition) is 2. The molecule has 7 nitrogen and oxygen atoms in total. The van der Waals surface area contributed by atoms with E-state index in [2.05, 4.69) is 5.10 Å². The average Bonchev–Trinajstić information content (AvgIpc) is 3.17. The molecule has 1 aromatic heterocycles. The lowest BCUT2D eigenvalue weighted by Crippen LogP contribution is -2.20. The van der Waals surface area contributed by atoms with Crippen LogP contribution in [0.3, 0.4) is 0 Å². The quantitative estimate of drug-likeness (QED) is 0.533. The second-order valence-electron chi connectivity index (χ2n) is 6.70. The van der Waals surface area contributed by atoms with E-state index in [1.54, 1.807) is 0 Å². The van der Waals surface area contributed by atoms with Crippen molar-refractivity contribution in [2.24, 2.45) is 10.9 Å². The maximum atomic E-state index is 13.7. The molecular weight excluding hydrogens is 459 g/mol. The van der Waals surface area contributed by atoms with E-state index in [-0.39, 0.29) is 16.7 Å². The minimum atomic E-state index is -4.77. The zero-order valence-electron chi connectivity index (χ0n) is 16.0. The highest BCUT2D eigenvalue weighted by atomic mass is 32.2. The van der Waals surface area contributed by atoms with Crippen molar-refractivity contribution in [1.82, 2.24) is 9.78 Å². The number of hydrogen-bond acceptors (Lipinski definition) is 4. The van der Waals surface area contributed by atoms with Crippen molar-refractivity contribution in [3.05, 3.63) is 65.5 Å². The van der Waals surface area contributed by atoms with Crippen molar-refractivity contribution in [2.45, 2.75) is 23.9 Å². The zero-order valence-corrected chi connectivity index (χ0v) is 16.8. The highest BCUT2D eigenvalue weighted by molar-refractivity contribution is 7.89. The number of nitrogens with two attached hydrogens (primary N) is 2. The second-order valence-corrected chi connectivity index (χ2v) is 8.19. The van der Waals surface area contributed by atoms with Crippen LogP contribution in [0.4, 0.5) is 22.0 Å². The molecule has 3 rings (SSSR count). The molecule has 0 bridgehead atoms. The Kier molecular flexibility index (Phi) is 6.07. The SMILES string of the molecule is NC(=O)Cc1ccc(-n2cc(C(F)(F)F)cn2)c(S(N)(=O)=O)c1-c1ccccc1C(F)F. The summed E-state index contributed by atoms with van der Waals surface area (Å²) in [6, 6.07) is 7.14. The lowest BCUT2D eigenvalue weighted by atomic mass is 9.93. The van der Waals surface area contributed by atoms with Gasteiger partial charge < -0.3 is 5.73 Å². The van der Waals surface area contributed by atoms with Gasteiger partial charge in [-0.25, -0.2) is 27.0 Å². The summed E-state index contributed by atoms with van der Waals surface area (Å²) < 4.78 is 92.1. The molecule has 0 aliphatic heterocycles. The Labute approximate surface area is 178 Å². The number of primary sulfonamides is 1. The number of benzene rings is 2. The van der Waals surface area contributed by atoms with E-state index in [1.165, 1.54) is 24.3 Å². The van der Waals surface area contributed by atoms with Gasteiger partial charge >= 0.3 is 6.18 Å². The molecule has 2 aromatic carbocycles. The van der Waals surface area contributed by atoms with Gasteiger partial charge in [-0.2, -0.15) is 18.3 Å². The minimum Gasteiger partial charge on any atom is -0.369 e. The van der Waals surface area contributed by atoms with Crippen LogP contribution in [0.15, 0.2) is 53.7 Å². The summed E-state index contributed by atoms with van der Waals surface area (Å²) >= 11 is 0. The van der Waals surface area contributed by atoms with Crippen LogP contribution in [0.25, 0.3) is 16.8 Å². The Morgan fingerprint density at radius 3 is 2.31 bits per heavy atom. The second kappa shape index (κ2) is 8.31. The number of carbonyl (C=O) groups is 1. The van der Waals surface area contributed by atoms with Gasteiger partial charge in [0, 0.05) is 17.3 Å². The molecule has 1 heterocycles. The summed E-state index contributed by atoms with van der Waals surface area (Å²) in [5, 5.41) is 8.90. The summed E-state index contributed by atoms with van der Waals surface area (Å²) in [6.07, 6.45) is -7.34. The number of alkyl halides is 5. The monoisotopic (exact) mass is 474 g/mol. The third-order valence-corrected chi connectivity index (χ3v) is 5.48. The zero-order chi connectivity index (χ0) is 23.8. The standard InChI is InChI=1S/C19H15F5N4O3S/c20-18(21)13-4-2-1-3-12(13)16-10(7-15(25)29)5-6-14(17(16)32(26,30)31)28-9-11(8-27-28)19(22,23)24/h1-6,8-9,18H,7H2,(H2,25,29)(H2,26,30,31). The fraction of sp³-hybridized carbons (Fsp3) is 0.158. The summed E-state index contributed by atoms with van der Waals surface area (Å²) in [6.45, 7) is 0. The smallest absolute Gasteiger partial charge is 0.369 e. The third-order valence-electron chi connectivity index (χ3n) is 4.49. The maximum Gasteiger partial charge on any atom is 0.419 e. The first kappa shape index (κ1) is 23.3. The molecule has 0 fully saturated rings.